The standard InChI is InChI=1S/C15H14BrNO2S/c1-19-12-5-2-10(3-6-12)9-17-15(18)13-7-4-11(16)8-14(13)20/h2-8,20H,9H2,1H3,(H,17,18). The van der Waals surface area contributed by atoms with E-state index in [2.05, 4.69) is 33.9 Å². The van der Waals surface area contributed by atoms with Crippen LogP contribution in [-0.2, 0) is 6.54 Å². The number of benzene rings is 2. The molecule has 0 heterocycles. The topological polar surface area (TPSA) is 38.3 Å². The van der Waals surface area contributed by atoms with Crippen molar-refractivity contribution < 1.29 is 9.53 Å². The van der Waals surface area contributed by atoms with Crippen LogP contribution in [0.5, 0.6) is 5.75 Å². The number of rotatable bonds is 4. The number of nitrogens with one attached hydrogen (secondary N) is 1. The van der Waals surface area contributed by atoms with Crippen LogP contribution < -0.4 is 10.1 Å². The molecule has 104 valence electrons. The molecule has 5 heteroatoms. The molecule has 3 nitrogen and oxygen atoms in total. The first-order valence-electron chi connectivity index (χ1n) is 6.00. The monoisotopic (exact) mass is 351 g/mol. The second-order valence-corrected chi connectivity index (χ2v) is 5.59. The van der Waals surface area contributed by atoms with Gasteiger partial charge in [-0.15, -0.1) is 12.6 Å². The van der Waals surface area contributed by atoms with Gasteiger partial charge in [0, 0.05) is 15.9 Å². The lowest BCUT2D eigenvalue weighted by Gasteiger charge is -2.08. The summed E-state index contributed by atoms with van der Waals surface area (Å²) in [7, 11) is 1.62. The van der Waals surface area contributed by atoms with Gasteiger partial charge in [-0.05, 0) is 35.9 Å². The van der Waals surface area contributed by atoms with E-state index in [4.69, 9.17) is 4.74 Å². The third kappa shape index (κ3) is 3.77. The third-order valence-electron chi connectivity index (χ3n) is 2.82. The number of amides is 1. The van der Waals surface area contributed by atoms with E-state index in [0.717, 1.165) is 15.8 Å². The molecular weight excluding hydrogens is 338 g/mol. The summed E-state index contributed by atoms with van der Waals surface area (Å²) in [6.07, 6.45) is 0. The van der Waals surface area contributed by atoms with Gasteiger partial charge in [-0.1, -0.05) is 28.1 Å². The van der Waals surface area contributed by atoms with Gasteiger partial charge in [0.25, 0.3) is 5.91 Å². The Bertz CT molecular complexity index is 614. The Hall–Kier alpha value is -1.46. The van der Waals surface area contributed by atoms with Crippen LogP contribution in [0, 0.1) is 0 Å². The Kier molecular flexibility index (Phi) is 5.09. The fraction of sp³-hybridized carbons (Fsp3) is 0.133. The number of hydrogen-bond acceptors (Lipinski definition) is 3. The minimum Gasteiger partial charge on any atom is -0.497 e. The number of hydrogen-bond donors (Lipinski definition) is 2. The van der Waals surface area contributed by atoms with Crippen LogP contribution >= 0.6 is 28.6 Å². The highest BCUT2D eigenvalue weighted by Crippen LogP contribution is 2.20. The molecule has 1 N–H and O–H groups in total. The maximum atomic E-state index is 12.1. The number of thiol groups is 1. The van der Waals surface area contributed by atoms with Gasteiger partial charge >= 0.3 is 0 Å². The lowest BCUT2D eigenvalue weighted by Crippen LogP contribution is -2.23. The van der Waals surface area contributed by atoms with E-state index in [9.17, 15) is 4.79 Å². The molecule has 0 aliphatic carbocycles. The van der Waals surface area contributed by atoms with Gasteiger partial charge in [0.15, 0.2) is 0 Å². The molecule has 2 rings (SSSR count). The van der Waals surface area contributed by atoms with Gasteiger partial charge in [-0.2, -0.15) is 0 Å². The summed E-state index contributed by atoms with van der Waals surface area (Å²) in [5.41, 5.74) is 1.57. The highest BCUT2D eigenvalue weighted by atomic mass is 79.9. The molecule has 1 amide bonds. The molecule has 0 fully saturated rings. The van der Waals surface area contributed by atoms with Crippen molar-refractivity contribution in [2.45, 2.75) is 11.4 Å². The van der Waals surface area contributed by atoms with E-state index in [1.165, 1.54) is 0 Å². The molecule has 0 saturated carbocycles. The minimum absolute atomic E-state index is 0.140. The quantitative estimate of drug-likeness (QED) is 0.824. The summed E-state index contributed by atoms with van der Waals surface area (Å²) in [5.74, 6) is 0.656. The van der Waals surface area contributed by atoms with Crippen LogP contribution in [-0.4, -0.2) is 13.0 Å². The molecule has 20 heavy (non-hydrogen) atoms. The van der Waals surface area contributed by atoms with Gasteiger partial charge in [0.2, 0.25) is 0 Å². The van der Waals surface area contributed by atoms with Crippen LogP contribution in [0.15, 0.2) is 51.8 Å². The summed E-state index contributed by atoms with van der Waals surface area (Å²) in [5, 5.41) is 2.87. The zero-order valence-electron chi connectivity index (χ0n) is 10.9. The number of carbonyl (C=O) groups excluding carboxylic acids is 1. The van der Waals surface area contributed by atoms with E-state index >= 15 is 0 Å². The number of carbonyl (C=O) groups is 1. The minimum atomic E-state index is -0.140. The summed E-state index contributed by atoms with van der Waals surface area (Å²) in [4.78, 5) is 12.7. The predicted octanol–water partition coefficient (Wildman–Crippen LogP) is 3.68. The molecule has 0 aliphatic heterocycles. The van der Waals surface area contributed by atoms with Crippen LogP contribution in [0.25, 0.3) is 0 Å². The van der Waals surface area contributed by atoms with Gasteiger partial charge in [-0.25, -0.2) is 0 Å². The van der Waals surface area contributed by atoms with Crippen molar-refractivity contribution in [3.05, 3.63) is 58.1 Å². The summed E-state index contributed by atoms with van der Waals surface area (Å²) < 4.78 is 5.99. The van der Waals surface area contributed by atoms with Crippen molar-refractivity contribution in [3.8, 4) is 5.75 Å². The van der Waals surface area contributed by atoms with Gasteiger partial charge < -0.3 is 10.1 Å². The van der Waals surface area contributed by atoms with Gasteiger partial charge in [0.05, 0.1) is 12.7 Å². The lowest BCUT2D eigenvalue weighted by atomic mass is 10.2. The predicted molar refractivity (Wildman–Crippen MR) is 85.6 cm³/mol. The van der Waals surface area contributed by atoms with Crippen LogP contribution in [0.3, 0.4) is 0 Å². The Labute approximate surface area is 131 Å². The molecule has 2 aromatic carbocycles. The second kappa shape index (κ2) is 6.81. The normalized spacial score (nSPS) is 10.2. The van der Waals surface area contributed by atoms with E-state index in [1.807, 2.05) is 30.3 Å². The molecule has 0 aliphatic rings. The zero-order valence-corrected chi connectivity index (χ0v) is 13.4. The van der Waals surface area contributed by atoms with E-state index in [-0.39, 0.29) is 5.91 Å². The molecule has 0 aromatic heterocycles. The third-order valence-corrected chi connectivity index (χ3v) is 3.68. The fourth-order valence-electron chi connectivity index (χ4n) is 1.72. The first-order chi connectivity index (χ1) is 9.60. The molecule has 0 unspecified atom stereocenters. The van der Waals surface area contributed by atoms with E-state index in [1.54, 1.807) is 19.2 Å². The molecule has 0 atom stereocenters. The van der Waals surface area contributed by atoms with Gasteiger partial charge in [0.1, 0.15) is 5.75 Å². The van der Waals surface area contributed by atoms with Crippen molar-refractivity contribution in [2.24, 2.45) is 0 Å². The summed E-state index contributed by atoms with van der Waals surface area (Å²) >= 11 is 7.65. The van der Waals surface area contributed by atoms with Crippen LogP contribution in [0.1, 0.15) is 15.9 Å². The first-order valence-corrected chi connectivity index (χ1v) is 7.24. The Morgan fingerprint density at radius 1 is 1.25 bits per heavy atom. The van der Waals surface area contributed by atoms with Crippen molar-refractivity contribution in [1.82, 2.24) is 5.32 Å². The number of halogens is 1. The Morgan fingerprint density at radius 2 is 1.95 bits per heavy atom. The largest absolute Gasteiger partial charge is 0.497 e. The summed E-state index contributed by atoms with van der Waals surface area (Å²) in [6.45, 7) is 0.464. The average molecular weight is 352 g/mol. The van der Waals surface area contributed by atoms with Crippen molar-refractivity contribution in [3.63, 3.8) is 0 Å². The average Bonchev–Trinajstić information content (AvgIpc) is 2.45. The first kappa shape index (κ1) is 14.9. The molecule has 0 radical (unpaired) electrons. The summed E-state index contributed by atoms with van der Waals surface area (Å²) in [6, 6.07) is 12.9. The molecular formula is C15H14BrNO2S. The smallest absolute Gasteiger partial charge is 0.252 e. The Balaban J connectivity index is 2.00. The SMILES string of the molecule is COc1ccc(CNC(=O)c2ccc(Br)cc2S)cc1. The van der Waals surface area contributed by atoms with Crippen molar-refractivity contribution in [2.75, 3.05) is 7.11 Å². The second-order valence-electron chi connectivity index (χ2n) is 4.19. The molecule has 2 aromatic rings. The maximum absolute atomic E-state index is 12.1. The van der Waals surface area contributed by atoms with Crippen molar-refractivity contribution >= 4 is 34.5 Å². The fourth-order valence-corrected chi connectivity index (χ4v) is 2.57. The van der Waals surface area contributed by atoms with Crippen molar-refractivity contribution in [1.29, 1.82) is 0 Å². The van der Waals surface area contributed by atoms with Crippen LogP contribution in [0.4, 0.5) is 0 Å². The van der Waals surface area contributed by atoms with Crippen LogP contribution in [0.2, 0.25) is 0 Å². The van der Waals surface area contributed by atoms with E-state index in [0.29, 0.717) is 17.0 Å². The highest BCUT2D eigenvalue weighted by molar-refractivity contribution is 9.10. The van der Waals surface area contributed by atoms with Gasteiger partial charge in [-0.3, -0.25) is 4.79 Å². The molecule has 0 bridgehead atoms. The number of methoxy groups -OCH3 is 1. The van der Waals surface area contributed by atoms with E-state index < -0.39 is 0 Å². The lowest BCUT2D eigenvalue weighted by molar-refractivity contribution is 0.0948. The molecule has 0 saturated heterocycles. The maximum Gasteiger partial charge on any atom is 0.252 e. The number of ether oxygens (including phenoxy) is 1. The zero-order chi connectivity index (χ0) is 14.5. The highest BCUT2D eigenvalue weighted by Gasteiger charge is 2.09. The molecule has 0 spiro atoms. The Morgan fingerprint density at radius 3 is 2.55 bits per heavy atom.